The number of hydrogen-bond donors (Lipinski definition) is 0. The highest BCUT2D eigenvalue weighted by Gasteiger charge is 2.26. The predicted molar refractivity (Wildman–Crippen MR) is 148 cm³/mol. The summed E-state index contributed by atoms with van der Waals surface area (Å²) in [5.74, 6) is 1.38. The quantitative estimate of drug-likeness (QED) is 0.327. The molecule has 0 atom stereocenters. The number of rotatable bonds is 7. The van der Waals surface area contributed by atoms with E-state index in [1.54, 1.807) is 42.7 Å². The Morgan fingerprint density at radius 1 is 0.842 bits per heavy atom. The Labute approximate surface area is 222 Å². The van der Waals surface area contributed by atoms with Crippen molar-refractivity contribution in [2.45, 2.75) is 13.8 Å². The molecule has 192 valence electrons. The highest BCUT2D eigenvalue weighted by atomic mass is 16.5. The topological polar surface area (TPSA) is 75.6 Å². The number of aryl methyl sites for hydroxylation is 1. The Kier molecular flexibility index (Phi) is 7.45. The van der Waals surface area contributed by atoms with Gasteiger partial charge >= 0.3 is 0 Å². The molecule has 0 aliphatic carbocycles. The molecule has 1 fully saturated rings. The van der Waals surface area contributed by atoms with Crippen molar-refractivity contribution in [1.82, 2.24) is 14.9 Å². The molecule has 1 aliphatic heterocycles. The van der Waals surface area contributed by atoms with Crippen LogP contribution in [0.4, 0.5) is 5.82 Å². The summed E-state index contributed by atoms with van der Waals surface area (Å²) in [4.78, 5) is 39.6. The summed E-state index contributed by atoms with van der Waals surface area (Å²) in [5, 5.41) is 0. The van der Waals surface area contributed by atoms with Gasteiger partial charge in [0.1, 0.15) is 17.9 Å². The van der Waals surface area contributed by atoms with Crippen LogP contribution in [-0.4, -0.2) is 59.3 Å². The third-order valence-electron chi connectivity index (χ3n) is 6.72. The predicted octanol–water partition coefficient (Wildman–Crippen LogP) is 5.04. The number of anilines is 1. The number of piperazine rings is 1. The summed E-state index contributed by atoms with van der Waals surface area (Å²) in [6.07, 6.45) is 1.57. The number of carbonyl (C=O) groups excluding carboxylic acids is 2. The highest BCUT2D eigenvalue weighted by molar-refractivity contribution is 6.15. The fraction of sp³-hybridized carbons (Fsp3) is 0.226. The number of aromatic nitrogens is 2. The van der Waals surface area contributed by atoms with Crippen LogP contribution in [0.1, 0.15) is 38.8 Å². The van der Waals surface area contributed by atoms with Gasteiger partial charge in [0.05, 0.1) is 17.9 Å². The van der Waals surface area contributed by atoms with Crippen LogP contribution >= 0.6 is 0 Å². The van der Waals surface area contributed by atoms with Crippen molar-refractivity contribution in [2.24, 2.45) is 0 Å². The van der Waals surface area contributed by atoms with E-state index in [9.17, 15) is 9.59 Å². The van der Waals surface area contributed by atoms with Gasteiger partial charge in [-0.15, -0.1) is 0 Å². The van der Waals surface area contributed by atoms with Gasteiger partial charge in [-0.05, 0) is 44.2 Å². The van der Waals surface area contributed by atoms with Crippen molar-refractivity contribution >= 4 is 17.5 Å². The van der Waals surface area contributed by atoms with Crippen molar-refractivity contribution in [3.63, 3.8) is 0 Å². The SMILES string of the molecule is CCOc1ccc(-c2cc(N3CCN(C(=O)c4ccccc4C(=O)c4ccc(C)cc4)CC3)ncn2)cc1. The first-order chi connectivity index (χ1) is 18.5. The summed E-state index contributed by atoms with van der Waals surface area (Å²) in [6.45, 7) is 6.91. The van der Waals surface area contributed by atoms with Gasteiger partial charge in [-0.1, -0.05) is 48.0 Å². The normalized spacial score (nSPS) is 13.3. The van der Waals surface area contributed by atoms with Gasteiger partial charge in [-0.2, -0.15) is 0 Å². The minimum Gasteiger partial charge on any atom is -0.494 e. The molecule has 0 unspecified atom stereocenters. The molecule has 1 aromatic heterocycles. The molecule has 7 nitrogen and oxygen atoms in total. The fourth-order valence-corrected chi connectivity index (χ4v) is 4.60. The number of ether oxygens (including phenoxy) is 1. The smallest absolute Gasteiger partial charge is 0.254 e. The second-order valence-electron chi connectivity index (χ2n) is 9.24. The molecule has 1 saturated heterocycles. The minimum atomic E-state index is -0.143. The van der Waals surface area contributed by atoms with E-state index in [0.29, 0.717) is 49.5 Å². The molecule has 0 spiro atoms. The van der Waals surface area contributed by atoms with Crippen LogP contribution in [0.25, 0.3) is 11.3 Å². The van der Waals surface area contributed by atoms with Gasteiger partial charge in [0.15, 0.2) is 5.78 Å². The van der Waals surface area contributed by atoms with Gasteiger partial charge in [0, 0.05) is 48.9 Å². The molecular weight excluding hydrogens is 476 g/mol. The molecule has 3 aromatic carbocycles. The van der Waals surface area contributed by atoms with E-state index in [4.69, 9.17) is 4.74 Å². The summed E-state index contributed by atoms with van der Waals surface area (Å²) >= 11 is 0. The molecule has 4 aromatic rings. The Hall–Kier alpha value is -4.52. The van der Waals surface area contributed by atoms with Gasteiger partial charge in [-0.3, -0.25) is 9.59 Å². The number of hydrogen-bond acceptors (Lipinski definition) is 6. The van der Waals surface area contributed by atoms with Gasteiger partial charge in [0.2, 0.25) is 0 Å². The lowest BCUT2D eigenvalue weighted by atomic mass is 9.97. The van der Waals surface area contributed by atoms with Crippen LogP contribution < -0.4 is 9.64 Å². The van der Waals surface area contributed by atoms with Crippen LogP contribution in [-0.2, 0) is 0 Å². The third-order valence-corrected chi connectivity index (χ3v) is 6.72. The number of carbonyl (C=O) groups is 2. The molecule has 2 heterocycles. The van der Waals surface area contributed by atoms with Gasteiger partial charge < -0.3 is 14.5 Å². The van der Waals surface area contributed by atoms with Crippen LogP contribution in [0.3, 0.4) is 0 Å². The van der Waals surface area contributed by atoms with E-state index in [1.807, 2.05) is 61.2 Å². The Morgan fingerprint density at radius 2 is 1.53 bits per heavy atom. The van der Waals surface area contributed by atoms with Gasteiger partial charge in [0.25, 0.3) is 5.91 Å². The first-order valence-electron chi connectivity index (χ1n) is 12.8. The van der Waals surface area contributed by atoms with Crippen molar-refractivity contribution < 1.29 is 14.3 Å². The Bertz CT molecular complexity index is 1430. The molecule has 0 saturated carbocycles. The number of benzene rings is 3. The maximum Gasteiger partial charge on any atom is 0.254 e. The zero-order valence-corrected chi connectivity index (χ0v) is 21.6. The second kappa shape index (κ2) is 11.3. The Balaban J connectivity index is 1.27. The number of amides is 1. The van der Waals surface area contributed by atoms with E-state index in [-0.39, 0.29) is 11.7 Å². The lowest BCUT2D eigenvalue weighted by molar-refractivity contribution is 0.0742. The largest absolute Gasteiger partial charge is 0.494 e. The van der Waals surface area contributed by atoms with Crippen LogP contribution in [0.5, 0.6) is 5.75 Å². The van der Waals surface area contributed by atoms with Crippen LogP contribution in [0, 0.1) is 6.92 Å². The van der Waals surface area contributed by atoms with Crippen LogP contribution in [0.15, 0.2) is 85.2 Å². The van der Waals surface area contributed by atoms with Crippen molar-refractivity contribution in [1.29, 1.82) is 0 Å². The van der Waals surface area contributed by atoms with Crippen LogP contribution in [0.2, 0.25) is 0 Å². The molecule has 1 aliphatic rings. The van der Waals surface area contributed by atoms with Crippen molar-refractivity contribution in [3.8, 4) is 17.0 Å². The fourth-order valence-electron chi connectivity index (χ4n) is 4.60. The first-order valence-corrected chi connectivity index (χ1v) is 12.8. The first kappa shape index (κ1) is 25.1. The lowest BCUT2D eigenvalue weighted by Crippen LogP contribution is -2.49. The number of ketones is 1. The maximum absolute atomic E-state index is 13.5. The zero-order chi connectivity index (χ0) is 26.5. The lowest BCUT2D eigenvalue weighted by Gasteiger charge is -2.35. The number of nitrogens with zero attached hydrogens (tertiary/aromatic N) is 4. The molecule has 0 bridgehead atoms. The molecule has 5 rings (SSSR count). The Morgan fingerprint density at radius 3 is 2.21 bits per heavy atom. The monoisotopic (exact) mass is 506 g/mol. The van der Waals surface area contributed by atoms with E-state index in [2.05, 4.69) is 14.9 Å². The van der Waals surface area contributed by atoms with E-state index in [1.165, 1.54) is 0 Å². The molecule has 38 heavy (non-hydrogen) atoms. The van der Waals surface area contributed by atoms with Crippen molar-refractivity contribution in [2.75, 3.05) is 37.7 Å². The average molecular weight is 507 g/mol. The average Bonchev–Trinajstić information content (AvgIpc) is 2.97. The van der Waals surface area contributed by atoms with Crippen molar-refractivity contribution in [3.05, 3.63) is 107 Å². The maximum atomic E-state index is 13.5. The molecule has 0 radical (unpaired) electrons. The standard InChI is InChI=1S/C31H30N4O3/c1-3-38-25-14-12-23(13-15-25)28-20-29(33-21-32-28)34-16-18-35(19-17-34)31(37)27-7-5-4-6-26(27)30(36)24-10-8-22(2)9-11-24/h4-15,20-21H,3,16-19H2,1-2H3. The van der Waals surface area contributed by atoms with E-state index < -0.39 is 0 Å². The zero-order valence-electron chi connectivity index (χ0n) is 21.6. The minimum absolute atomic E-state index is 0.126. The summed E-state index contributed by atoms with van der Waals surface area (Å²) in [5.41, 5.74) is 4.35. The molecular formula is C31H30N4O3. The summed E-state index contributed by atoms with van der Waals surface area (Å²) < 4.78 is 5.53. The molecule has 1 amide bonds. The van der Waals surface area contributed by atoms with E-state index in [0.717, 1.165) is 28.4 Å². The summed E-state index contributed by atoms with van der Waals surface area (Å²) in [6, 6.07) is 24.3. The highest BCUT2D eigenvalue weighted by Crippen LogP contribution is 2.25. The molecule has 7 heteroatoms. The second-order valence-corrected chi connectivity index (χ2v) is 9.24. The summed E-state index contributed by atoms with van der Waals surface area (Å²) in [7, 11) is 0. The third kappa shape index (κ3) is 5.42. The van der Waals surface area contributed by atoms with Gasteiger partial charge in [-0.25, -0.2) is 9.97 Å². The van der Waals surface area contributed by atoms with E-state index >= 15 is 0 Å². The molecule has 0 N–H and O–H groups in total.